The molecule has 2 nitrogen and oxygen atoms in total. The lowest BCUT2D eigenvalue weighted by molar-refractivity contribution is -0.857. The summed E-state index contributed by atoms with van der Waals surface area (Å²) >= 11 is 0. The minimum Gasteiger partial charge on any atom is -1.00 e. The molecule has 0 aliphatic rings. The van der Waals surface area contributed by atoms with Crippen LogP contribution in [0.4, 0.5) is 0 Å². The second-order valence-electron chi connectivity index (χ2n) is 5.63. The molecule has 3 heteroatoms. The van der Waals surface area contributed by atoms with Gasteiger partial charge in [0, 0.05) is 18.2 Å². The van der Waals surface area contributed by atoms with E-state index in [2.05, 4.69) is 50.2 Å². The van der Waals surface area contributed by atoms with E-state index < -0.39 is 5.60 Å². The van der Waals surface area contributed by atoms with E-state index in [1.54, 1.807) is 7.11 Å². The largest absolute Gasteiger partial charge is 1.00 e. The third-order valence-electron chi connectivity index (χ3n) is 3.68. The Hall–Kier alpha value is -1.79. The zero-order valence-electron chi connectivity index (χ0n) is 14.0. The van der Waals surface area contributed by atoms with Gasteiger partial charge in [-0.3, -0.25) is 0 Å². The predicted molar refractivity (Wildman–Crippen MR) is 90.7 cm³/mol. The summed E-state index contributed by atoms with van der Waals surface area (Å²) in [5.74, 6) is 6.70. The van der Waals surface area contributed by atoms with Crippen molar-refractivity contribution in [1.29, 1.82) is 0 Å². The smallest absolute Gasteiger partial charge is 0.179 e. The quantitative estimate of drug-likeness (QED) is 0.703. The molecule has 0 aromatic heterocycles. The first-order valence-corrected chi connectivity index (χ1v) is 7.64. The van der Waals surface area contributed by atoms with Crippen molar-refractivity contribution in [2.24, 2.45) is 0 Å². The third-order valence-corrected chi connectivity index (χ3v) is 3.68. The van der Waals surface area contributed by atoms with Crippen LogP contribution in [-0.4, -0.2) is 27.7 Å². The minimum atomic E-state index is -0.704. The van der Waals surface area contributed by atoms with Crippen molar-refractivity contribution in [3.05, 3.63) is 71.8 Å². The molecule has 0 unspecified atom stereocenters. The predicted octanol–water partition coefficient (Wildman–Crippen LogP) is -0.881. The molecule has 0 fully saturated rings. The monoisotopic (exact) mass is 329 g/mol. The Morgan fingerprint density at radius 1 is 0.913 bits per heavy atom. The van der Waals surface area contributed by atoms with Crippen molar-refractivity contribution in [3.63, 3.8) is 0 Å². The summed E-state index contributed by atoms with van der Waals surface area (Å²) < 4.78 is 5.94. The summed E-state index contributed by atoms with van der Waals surface area (Å²) in [5.41, 5.74) is 1.42. The van der Waals surface area contributed by atoms with Gasteiger partial charge < -0.3 is 22.0 Å². The van der Waals surface area contributed by atoms with Crippen LogP contribution in [-0.2, 0) is 10.3 Å². The van der Waals surface area contributed by atoms with Gasteiger partial charge in [0.1, 0.15) is 0 Å². The molecule has 0 amide bonds. The first kappa shape index (κ1) is 19.3. The topological polar surface area (TPSA) is 13.7 Å². The van der Waals surface area contributed by atoms with Gasteiger partial charge in [-0.15, -0.1) is 0 Å². The van der Waals surface area contributed by atoms with E-state index in [0.717, 1.165) is 24.1 Å². The molecule has 122 valence electrons. The molecule has 0 heterocycles. The number of rotatable bonds is 5. The van der Waals surface area contributed by atoms with Gasteiger partial charge in [-0.05, 0) is 0 Å². The van der Waals surface area contributed by atoms with Gasteiger partial charge in [0.05, 0.1) is 27.1 Å². The van der Waals surface area contributed by atoms with Crippen molar-refractivity contribution in [2.75, 3.05) is 27.7 Å². The molecular formula is C20H24ClNO. The number of hydrogen-bond donors (Lipinski definition) is 1. The van der Waals surface area contributed by atoms with Gasteiger partial charge in [0.25, 0.3) is 0 Å². The van der Waals surface area contributed by atoms with Gasteiger partial charge in [0.2, 0.25) is 0 Å². The van der Waals surface area contributed by atoms with Crippen molar-refractivity contribution < 1.29 is 22.0 Å². The number of benzene rings is 2. The summed E-state index contributed by atoms with van der Waals surface area (Å²) in [7, 11) is 6.01. The number of quaternary nitrogens is 1. The van der Waals surface area contributed by atoms with Gasteiger partial charge in [-0.2, -0.15) is 0 Å². The van der Waals surface area contributed by atoms with Crippen molar-refractivity contribution in [3.8, 4) is 11.8 Å². The van der Waals surface area contributed by atoms with Crippen LogP contribution in [0.25, 0.3) is 0 Å². The fourth-order valence-electron chi connectivity index (χ4n) is 2.44. The van der Waals surface area contributed by atoms with E-state index in [4.69, 9.17) is 4.74 Å². The van der Waals surface area contributed by atoms with E-state index >= 15 is 0 Å². The Labute approximate surface area is 145 Å². The number of methoxy groups -OCH3 is 1. The van der Waals surface area contributed by atoms with Crippen LogP contribution in [0.15, 0.2) is 60.7 Å². The average molecular weight is 330 g/mol. The van der Waals surface area contributed by atoms with Gasteiger partial charge >= 0.3 is 0 Å². The van der Waals surface area contributed by atoms with Crippen LogP contribution < -0.4 is 17.3 Å². The normalized spacial score (nSPS) is 10.6. The Morgan fingerprint density at radius 3 is 1.78 bits per heavy atom. The molecule has 0 bridgehead atoms. The molecule has 0 saturated heterocycles. The fourth-order valence-corrected chi connectivity index (χ4v) is 2.44. The summed E-state index contributed by atoms with van der Waals surface area (Å²) in [5, 5.41) is 0. The van der Waals surface area contributed by atoms with Gasteiger partial charge in [-0.25, -0.2) is 0 Å². The highest BCUT2D eigenvalue weighted by molar-refractivity contribution is 5.44. The lowest BCUT2D eigenvalue weighted by Crippen LogP contribution is -3.05. The lowest BCUT2D eigenvalue weighted by Gasteiger charge is -2.28. The average Bonchev–Trinajstić information content (AvgIpc) is 2.57. The van der Waals surface area contributed by atoms with Crippen LogP contribution in [0.3, 0.4) is 0 Å². The molecule has 0 saturated carbocycles. The van der Waals surface area contributed by atoms with Gasteiger partial charge in [0.15, 0.2) is 5.60 Å². The zero-order chi connectivity index (χ0) is 15.8. The van der Waals surface area contributed by atoms with E-state index in [1.165, 1.54) is 4.90 Å². The van der Waals surface area contributed by atoms with Crippen LogP contribution >= 0.6 is 0 Å². The maximum absolute atomic E-state index is 5.94. The van der Waals surface area contributed by atoms with E-state index in [1.807, 2.05) is 36.4 Å². The highest BCUT2D eigenvalue weighted by Gasteiger charge is 2.32. The summed E-state index contributed by atoms with van der Waals surface area (Å²) in [6.07, 6.45) is 0.854. The molecule has 0 radical (unpaired) electrons. The molecule has 0 spiro atoms. The van der Waals surface area contributed by atoms with E-state index in [9.17, 15) is 0 Å². The maximum atomic E-state index is 5.94. The molecule has 2 aromatic rings. The molecule has 0 aliphatic carbocycles. The van der Waals surface area contributed by atoms with Crippen LogP contribution in [0.1, 0.15) is 17.5 Å². The lowest BCUT2D eigenvalue weighted by atomic mass is 9.86. The first-order chi connectivity index (χ1) is 10.7. The number of nitrogens with one attached hydrogen (secondary N) is 1. The van der Waals surface area contributed by atoms with Crippen LogP contribution in [0.5, 0.6) is 0 Å². The Balaban J connectivity index is 0.00000264. The second-order valence-corrected chi connectivity index (χ2v) is 5.63. The van der Waals surface area contributed by atoms with Crippen LogP contribution in [0, 0.1) is 11.8 Å². The van der Waals surface area contributed by atoms with Crippen LogP contribution in [0.2, 0.25) is 0 Å². The van der Waals surface area contributed by atoms with Gasteiger partial charge in [-0.1, -0.05) is 72.5 Å². The SMILES string of the molecule is COC(C#CCC[NH+](C)C)(c1ccccc1)c1ccccc1.[Cl-]. The number of halogens is 1. The summed E-state index contributed by atoms with van der Waals surface area (Å²) in [4.78, 5) is 1.40. The zero-order valence-corrected chi connectivity index (χ0v) is 14.7. The molecule has 2 rings (SSSR count). The molecule has 0 atom stereocenters. The molecule has 0 aliphatic heterocycles. The van der Waals surface area contributed by atoms with Crippen molar-refractivity contribution in [1.82, 2.24) is 0 Å². The van der Waals surface area contributed by atoms with Crippen molar-refractivity contribution in [2.45, 2.75) is 12.0 Å². The second kappa shape index (κ2) is 9.37. The number of hydrogen-bond acceptors (Lipinski definition) is 1. The third kappa shape index (κ3) is 4.84. The number of ether oxygens (including phenoxy) is 1. The van der Waals surface area contributed by atoms with E-state index in [-0.39, 0.29) is 12.4 Å². The Morgan fingerprint density at radius 2 is 1.39 bits per heavy atom. The summed E-state index contributed by atoms with van der Waals surface area (Å²) in [6.45, 7) is 1.02. The maximum Gasteiger partial charge on any atom is 0.179 e. The first-order valence-electron chi connectivity index (χ1n) is 7.64. The highest BCUT2D eigenvalue weighted by Crippen LogP contribution is 2.32. The Bertz CT molecular complexity index is 589. The minimum absolute atomic E-state index is 0. The van der Waals surface area contributed by atoms with E-state index in [0.29, 0.717) is 0 Å². The highest BCUT2D eigenvalue weighted by atomic mass is 35.5. The molecule has 23 heavy (non-hydrogen) atoms. The molecule has 2 aromatic carbocycles. The fraction of sp³-hybridized carbons (Fsp3) is 0.300. The molecular weight excluding hydrogens is 306 g/mol. The Kier molecular flexibility index (Phi) is 7.85. The molecule has 1 N–H and O–H groups in total. The summed E-state index contributed by atoms with van der Waals surface area (Å²) in [6, 6.07) is 20.4. The van der Waals surface area contributed by atoms with Crippen molar-refractivity contribution >= 4 is 0 Å². The standard InChI is InChI=1S/C20H23NO.ClH/c1-21(2)17-11-10-16-20(22-3,18-12-6-4-7-13-18)19-14-8-5-9-15-19;/h4-9,12-15H,11,17H2,1-3H3;1H.